The molecule has 0 aliphatic carbocycles. The van der Waals surface area contributed by atoms with Crippen LogP contribution in [0.2, 0.25) is 0 Å². The first kappa shape index (κ1) is 16.1. The monoisotopic (exact) mass is 348 g/mol. The molecule has 0 aliphatic rings. The summed E-state index contributed by atoms with van der Waals surface area (Å²) in [6.07, 6.45) is 0.989. The normalized spacial score (nSPS) is 10.7. The third-order valence-corrected chi connectivity index (χ3v) is 4.29. The topological polar surface area (TPSA) is 29.5 Å². The van der Waals surface area contributed by atoms with Crippen molar-refractivity contribution in [1.29, 1.82) is 0 Å². The molecule has 0 saturated carbocycles. The van der Waals surface area contributed by atoms with Gasteiger partial charge in [0, 0.05) is 5.33 Å². The molecule has 0 aromatic heterocycles. The molecule has 0 spiro atoms. The van der Waals surface area contributed by atoms with Crippen LogP contribution in [0.4, 0.5) is 0 Å². The first-order chi connectivity index (χ1) is 10.2. The predicted molar refractivity (Wildman–Crippen MR) is 91.2 cm³/mol. The van der Waals surface area contributed by atoms with E-state index in [1.165, 1.54) is 5.56 Å². The molecule has 0 unspecified atom stereocenters. The van der Waals surface area contributed by atoms with Gasteiger partial charge in [-0.3, -0.25) is 0 Å². The number of hydrogen-bond donors (Lipinski definition) is 1. The minimum absolute atomic E-state index is 0.0696. The molecule has 0 radical (unpaired) electrons. The van der Waals surface area contributed by atoms with Crippen LogP contribution in [0.3, 0.4) is 0 Å². The Morgan fingerprint density at radius 2 is 1.67 bits per heavy atom. The molecule has 21 heavy (non-hydrogen) atoms. The van der Waals surface area contributed by atoms with Gasteiger partial charge in [-0.2, -0.15) is 0 Å². The molecule has 0 saturated heterocycles. The Bertz CT molecular complexity index is 608. The van der Waals surface area contributed by atoms with Gasteiger partial charge < -0.3 is 9.84 Å². The molecule has 0 heterocycles. The van der Waals surface area contributed by atoms with Crippen LogP contribution in [0.25, 0.3) is 11.1 Å². The number of benzene rings is 2. The van der Waals surface area contributed by atoms with Gasteiger partial charge in [0.25, 0.3) is 0 Å². The van der Waals surface area contributed by atoms with Gasteiger partial charge in [0.2, 0.25) is 0 Å². The summed E-state index contributed by atoms with van der Waals surface area (Å²) in [6.45, 7) is 4.92. The standard InChI is InChI=1S/C18H21BrO2/c1-13-15(12-20)6-3-7-16(13)17-8-4-9-18(14(17)2)21-11-5-10-19/h3-4,6-9,20H,5,10-12H2,1-2H3. The Hall–Kier alpha value is -1.32. The maximum atomic E-state index is 9.43. The Balaban J connectivity index is 2.38. The van der Waals surface area contributed by atoms with Crippen molar-refractivity contribution in [3.63, 3.8) is 0 Å². The van der Waals surface area contributed by atoms with Gasteiger partial charge in [-0.1, -0.05) is 46.3 Å². The third kappa shape index (κ3) is 3.66. The summed E-state index contributed by atoms with van der Waals surface area (Å²) in [7, 11) is 0. The van der Waals surface area contributed by atoms with E-state index in [2.05, 4.69) is 41.9 Å². The molecule has 2 aromatic rings. The van der Waals surface area contributed by atoms with Crippen molar-refractivity contribution < 1.29 is 9.84 Å². The van der Waals surface area contributed by atoms with Gasteiger partial charge >= 0.3 is 0 Å². The lowest BCUT2D eigenvalue weighted by Crippen LogP contribution is -2.00. The SMILES string of the molecule is Cc1c(CO)cccc1-c1cccc(OCCCBr)c1C. The fourth-order valence-electron chi connectivity index (χ4n) is 2.45. The van der Waals surface area contributed by atoms with Crippen LogP contribution in [0, 0.1) is 13.8 Å². The van der Waals surface area contributed by atoms with Crippen LogP contribution < -0.4 is 4.74 Å². The fourth-order valence-corrected chi connectivity index (χ4v) is 2.67. The summed E-state index contributed by atoms with van der Waals surface area (Å²) in [4.78, 5) is 0. The number of hydrogen-bond acceptors (Lipinski definition) is 2. The molecule has 0 fully saturated rings. The Kier molecular flexibility index (Phi) is 5.83. The van der Waals surface area contributed by atoms with Crippen LogP contribution in [0.15, 0.2) is 36.4 Å². The Morgan fingerprint density at radius 3 is 2.33 bits per heavy atom. The second kappa shape index (κ2) is 7.62. The van der Waals surface area contributed by atoms with Crippen molar-refractivity contribution in [2.24, 2.45) is 0 Å². The molecule has 0 aliphatic heterocycles. The van der Waals surface area contributed by atoms with Crippen molar-refractivity contribution >= 4 is 15.9 Å². The lowest BCUT2D eigenvalue weighted by atomic mass is 9.93. The minimum atomic E-state index is 0.0696. The molecule has 0 amide bonds. The molecule has 1 N–H and O–H groups in total. The van der Waals surface area contributed by atoms with Crippen LogP contribution in [-0.4, -0.2) is 17.0 Å². The van der Waals surface area contributed by atoms with E-state index in [0.29, 0.717) is 6.61 Å². The highest BCUT2D eigenvalue weighted by molar-refractivity contribution is 9.09. The maximum absolute atomic E-state index is 9.43. The summed E-state index contributed by atoms with van der Waals surface area (Å²) in [6, 6.07) is 12.2. The van der Waals surface area contributed by atoms with Gasteiger partial charge in [-0.25, -0.2) is 0 Å². The zero-order chi connectivity index (χ0) is 15.2. The maximum Gasteiger partial charge on any atom is 0.122 e. The second-order valence-electron chi connectivity index (χ2n) is 5.07. The van der Waals surface area contributed by atoms with Gasteiger partial charge in [0.1, 0.15) is 5.75 Å². The van der Waals surface area contributed by atoms with Gasteiger partial charge in [-0.15, -0.1) is 0 Å². The smallest absolute Gasteiger partial charge is 0.122 e. The lowest BCUT2D eigenvalue weighted by Gasteiger charge is -2.15. The Morgan fingerprint density at radius 1 is 1.00 bits per heavy atom. The fraction of sp³-hybridized carbons (Fsp3) is 0.333. The number of ether oxygens (including phenoxy) is 1. The van der Waals surface area contributed by atoms with E-state index in [1.54, 1.807) is 0 Å². The Labute approximate surface area is 134 Å². The molecule has 0 bridgehead atoms. The lowest BCUT2D eigenvalue weighted by molar-refractivity contribution is 0.281. The van der Waals surface area contributed by atoms with E-state index in [9.17, 15) is 5.11 Å². The molecule has 2 aromatic carbocycles. The summed E-state index contributed by atoms with van der Waals surface area (Å²) < 4.78 is 5.86. The first-order valence-corrected chi connectivity index (χ1v) is 8.29. The molecule has 0 atom stereocenters. The van der Waals surface area contributed by atoms with E-state index < -0.39 is 0 Å². The number of halogens is 1. The van der Waals surface area contributed by atoms with E-state index >= 15 is 0 Å². The van der Waals surface area contributed by atoms with E-state index in [0.717, 1.165) is 39.8 Å². The number of aliphatic hydroxyl groups is 1. The third-order valence-electron chi connectivity index (χ3n) is 3.73. The van der Waals surface area contributed by atoms with Crippen LogP contribution >= 0.6 is 15.9 Å². The summed E-state index contributed by atoms with van der Waals surface area (Å²) in [5.74, 6) is 0.933. The van der Waals surface area contributed by atoms with Crippen molar-refractivity contribution in [1.82, 2.24) is 0 Å². The summed E-state index contributed by atoms with van der Waals surface area (Å²) >= 11 is 3.41. The molecular weight excluding hydrogens is 328 g/mol. The van der Waals surface area contributed by atoms with Crippen molar-refractivity contribution in [3.8, 4) is 16.9 Å². The van der Waals surface area contributed by atoms with E-state index in [-0.39, 0.29) is 6.61 Å². The highest BCUT2D eigenvalue weighted by Gasteiger charge is 2.11. The molecule has 2 rings (SSSR count). The van der Waals surface area contributed by atoms with Crippen LogP contribution in [0.5, 0.6) is 5.75 Å². The first-order valence-electron chi connectivity index (χ1n) is 7.17. The zero-order valence-corrected chi connectivity index (χ0v) is 14.1. The van der Waals surface area contributed by atoms with Crippen LogP contribution in [0.1, 0.15) is 23.1 Å². The molecule has 3 heteroatoms. The number of aliphatic hydroxyl groups excluding tert-OH is 1. The molecule has 112 valence electrons. The predicted octanol–water partition coefficient (Wildman–Crippen LogP) is 4.63. The average molecular weight is 349 g/mol. The average Bonchev–Trinajstić information content (AvgIpc) is 2.50. The zero-order valence-electron chi connectivity index (χ0n) is 12.5. The highest BCUT2D eigenvalue weighted by atomic mass is 79.9. The van der Waals surface area contributed by atoms with Crippen molar-refractivity contribution in [3.05, 3.63) is 53.1 Å². The largest absolute Gasteiger partial charge is 0.493 e. The van der Waals surface area contributed by atoms with Gasteiger partial charge in [-0.05, 0) is 54.2 Å². The van der Waals surface area contributed by atoms with Crippen molar-refractivity contribution in [2.45, 2.75) is 26.9 Å². The quantitative estimate of drug-likeness (QED) is 0.609. The van der Waals surface area contributed by atoms with E-state index in [1.807, 2.05) is 24.3 Å². The highest BCUT2D eigenvalue weighted by Crippen LogP contribution is 2.33. The minimum Gasteiger partial charge on any atom is -0.493 e. The second-order valence-corrected chi connectivity index (χ2v) is 5.86. The van der Waals surface area contributed by atoms with Gasteiger partial charge in [0.05, 0.1) is 13.2 Å². The van der Waals surface area contributed by atoms with Crippen LogP contribution in [-0.2, 0) is 6.61 Å². The number of rotatable bonds is 6. The van der Waals surface area contributed by atoms with Gasteiger partial charge in [0.15, 0.2) is 0 Å². The summed E-state index contributed by atoms with van der Waals surface area (Å²) in [5, 5.41) is 10.4. The summed E-state index contributed by atoms with van der Waals surface area (Å²) in [5.41, 5.74) is 5.56. The van der Waals surface area contributed by atoms with E-state index in [4.69, 9.17) is 4.74 Å². The molecule has 2 nitrogen and oxygen atoms in total. The van der Waals surface area contributed by atoms with Crippen molar-refractivity contribution in [2.75, 3.05) is 11.9 Å². The number of alkyl halides is 1. The molecular formula is C18H21BrO2.